The third-order valence-electron chi connectivity index (χ3n) is 6.99. The quantitative estimate of drug-likeness (QED) is 0.422. The van der Waals surface area contributed by atoms with Crippen molar-refractivity contribution in [2.24, 2.45) is 5.41 Å². The molecule has 2 amide bonds. The van der Waals surface area contributed by atoms with E-state index < -0.39 is 27.1 Å². The second-order valence-corrected chi connectivity index (χ2v) is 13.5. The zero-order valence-corrected chi connectivity index (χ0v) is 24.2. The van der Waals surface area contributed by atoms with Gasteiger partial charge in [0.15, 0.2) is 0 Å². The van der Waals surface area contributed by atoms with Crippen molar-refractivity contribution >= 4 is 38.5 Å². The normalized spacial score (nSPS) is 17.6. The highest BCUT2D eigenvalue weighted by molar-refractivity contribution is 7.89. The molecule has 3 aromatic carbocycles. The van der Waals surface area contributed by atoms with Crippen molar-refractivity contribution < 1.29 is 22.7 Å². The predicted octanol–water partition coefficient (Wildman–Crippen LogP) is 5.71. The summed E-state index contributed by atoms with van der Waals surface area (Å²) in [5.41, 5.74) is 0.804. The van der Waals surface area contributed by atoms with Crippen LogP contribution >= 0.6 is 0 Å². The molecule has 0 bridgehead atoms. The molecule has 0 radical (unpaired) electrons. The number of ether oxygens (including phenoxy) is 1. The molecule has 1 aliphatic rings. The summed E-state index contributed by atoms with van der Waals surface area (Å²) in [5, 5.41) is 4.08. The van der Waals surface area contributed by atoms with E-state index in [0.717, 1.165) is 5.56 Å². The van der Waals surface area contributed by atoms with Crippen LogP contribution in [-0.2, 0) is 14.8 Å². The fourth-order valence-electron chi connectivity index (χ4n) is 4.94. The highest BCUT2D eigenvalue weighted by Crippen LogP contribution is 2.34. The SMILES string of the molecule is Cc1ccccc1C(=O)Nc1ccc(S(=O)(=O)NC2CCN(C(=O)OC(C)(C)C)CC2(C)C)c2ccccc12. The average Bonchev–Trinajstić information content (AvgIpc) is 2.84. The van der Waals surface area contributed by atoms with Crippen LogP contribution in [0, 0.1) is 12.3 Å². The summed E-state index contributed by atoms with van der Waals surface area (Å²) in [5.74, 6) is -0.259. The van der Waals surface area contributed by atoms with Crippen molar-refractivity contribution in [1.29, 1.82) is 0 Å². The third-order valence-corrected chi connectivity index (χ3v) is 8.52. The highest BCUT2D eigenvalue weighted by Gasteiger charge is 2.41. The van der Waals surface area contributed by atoms with Crippen molar-refractivity contribution in [2.45, 2.75) is 64.5 Å². The molecular formula is C30H37N3O5S. The summed E-state index contributed by atoms with van der Waals surface area (Å²) in [6, 6.07) is 17.2. The highest BCUT2D eigenvalue weighted by atomic mass is 32.2. The lowest BCUT2D eigenvalue weighted by molar-refractivity contribution is 0.00425. The van der Waals surface area contributed by atoms with Gasteiger partial charge >= 0.3 is 6.09 Å². The molecule has 3 aromatic rings. The largest absolute Gasteiger partial charge is 0.444 e. The Morgan fingerprint density at radius 2 is 1.62 bits per heavy atom. The summed E-state index contributed by atoms with van der Waals surface area (Å²) in [6.45, 7) is 12.0. The van der Waals surface area contributed by atoms with E-state index >= 15 is 0 Å². The summed E-state index contributed by atoms with van der Waals surface area (Å²) >= 11 is 0. The average molecular weight is 552 g/mol. The topological polar surface area (TPSA) is 105 Å². The van der Waals surface area contributed by atoms with E-state index in [4.69, 9.17) is 4.74 Å². The Morgan fingerprint density at radius 1 is 0.974 bits per heavy atom. The number of sulfonamides is 1. The van der Waals surface area contributed by atoms with Crippen LogP contribution in [0.3, 0.4) is 0 Å². The Bertz CT molecular complexity index is 1510. The first kappa shape index (κ1) is 28.6. The van der Waals surface area contributed by atoms with Crippen LogP contribution < -0.4 is 10.0 Å². The van der Waals surface area contributed by atoms with Gasteiger partial charge in [-0.2, -0.15) is 0 Å². The molecule has 208 valence electrons. The Hall–Kier alpha value is -3.43. The lowest BCUT2D eigenvalue weighted by atomic mass is 9.80. The van der Waals surface area contributed by atoms with Gasteiger partial charge in [0.25, 0.3) is 5.91 Å². The minimum atomic E-state index is -3.93. The van der Waals surface area contributed by atoms with Crippen molar-refractivity contribution in [2.75, 3.05) is 18.4 Å². The number of rotatable bonds is 5. The molecule has 0 aliphatic carbocycles. The molecule has 1 unspecified atom stereocenters. The summed E-state index contributed by atoms with van der Waals surface area (Å²) in [6.07, 6.45) is 0.0553. The second-order valence-electron chi connectivity index (χ2n) is 11.8. The third kappa shape index (κ3) is 6.42. The number of carbonyl (C=O) groups is 2. The van der Waals surface area contributed by atoms with Crippen LogP contribution in [0.4, 0.5) is 10.5 Å². The van der Waals surface area contributed by atoms with E-state index in [2.05, 4.69) is 10.0 Å². The van der Waals surface area contributed by atoms with Gasteiger partial charge in [0.05, 0.1) is 4.90 Å². The molecular weight excluding hydrogens is 514 g/mol. The second kappa shape index (κ2) is 10.6. The molecule has 0 saturated carbocycles. The Balaban J connectivity index is 1.57. The smallest absolute Gasteiger partial charge is 0.410 e. The fourth-order valence-corrected chi connectivity index (χ4v) is 6.59. The lowest BCUT2D eigenvalue weighted by Gasteiger charge is -2.44. The first-order valence-corrected chi connectivity index (χ1v) is 14.6. The first-order chi connectivity index (χ1) is 18.2. The molecule has 9 heteroatoms. The van der Waals surface area contributed by atoms with E-state index in [-0.39, 0.29) is 16.8 Å². The minimum Gasteiger partial charge on any atom is -0.444 e. The number of hydrogen-bond acceptors (Lipinski definition) is 5. The van der Waals surface area contributed by atoms with Gasteiger partial charge in [0.2, 0.25) is 10.0 Å². The molecule has 4 rings (SSSR count). The monoisotopic (exact) mass is 551 g/mol. The van der Waals surface area contributed by atoms with Gasteiger partial charge in [-0.3, -0.25) is 4.79 Å². The Labute approximate surface area is 230 Å². The Morgan fingerprint density at radius 3 is 2.26 bits per heavy atom. The number of nitrogens with zero attached hydrogens (tertiary/aromatic N) is 1. The number of anilines is 1. The number of carbonyl (C=O) groups excluding carboxylic acids is 2. The minimum absolute atomic E-state index is 0.136. The van der Waals surface area contributed by atoms with E-state index in [1.807, 2.05) is 59.7 Å². The van der Waals surface area contributed by atoms with Crippen molar-refractivity contribution in [1.82, 2.24) is 9.62 Å². The van der Waals surface area contributed by atoms with E-state index in [0.29, 0.717) is 41.5 Å². The van der Waals surface area contributed by atoms with Crippen LogP contribution in [-0.4, -0.2) is 50.1 Å². The van der Waals surface area contributed by atoms with Crippen molar-refractivity contribution in [3.05, 3.63) is 71.8 Å². The predicted molar refractivity (Wildman–Crippen MR) is 153 cm³/mol. The molecule has 1 aliphatic heterocycles. The summed E-state index contributed by atoms with van der Waals surface area (Å²) in [4.78, 5) is 27.4. The number of amides is 2. The zero-order valence-electron chi connectivity index (χ0n) is 23.4. The van der Waals surface area contributed by atoms with Gasteiger partial charge in [0.1, 0.15) is 5.60 Å². The molecule has 1 heterocycles. The first-order valence-electron chi connectivity index (χ1n) is 13.1. The maximum atomic E-state index is 13.7. The van der Waals surface area contributed by atoms with Crippen LogP contribution in [0.1, 0.15) is 57.0 Å². The van der Waals surface area contributed by atoms with Crippen LogP contribution in [0.25, 0.3) is 10.8 Å². The number of hydrogen-bond donors (Lipinski definition) is 2. The van der Waals surface area contributed by atoms with E-state index in [1.54, 1.807) is 41.3 Å². The molecule has 39 heavy (non-hydrogen) atoms. The number of fused-ring (bicyclic) bond motifs is 1. The molecule has 8 nitrogen and oxygen atoms in total. The fraction of sp³-hybridized carbons (Fsp3) is 0.400. The number of benzene rings is 3. The summed E-state index contributed by atoms with van der Waals surface area (Å²) < 4.78 is 35.8. The van der Waals surface area contributed by atoms with Gasteiger partial charge in [-0.1, -0.05) is 56.3 Å². The van der Waals surface area contributed by atoms with Crippen molar-refractivity contribution in [3.8, 4) is 0 Å². The molecule has 2 N–H and O–H groups in total. The van der Waals surface area contributed by atoms with Gasteiger partial charge in [-0.25, -0.2) is 17.9 Å². The van der Waals surface area contributed by atoms with Gasteiger partial charge in [-0.05, 0) is 63.3 Å². The Kier molecular flexibility index (Phi) is 7.78. The lowest BCUT2D eigenvalue weighted by Crippen LogP contribution is -2.57. The number of nitrogens with one attached hydrogen (secondary N) is 2. The van der Waals surface area contributed by atoms with E-state index in [9.17, 15) is 18.0 Å². The van der Waals surface area contributed by atoms with Gasteiger partial charge < -0.3 is 15.0 Å². The van der Waals surface area contributed by atoms with Gasteiger partial charge in [-0.15, -0.1) is 0 Å². The van der Waals surface area contributed by atoms with Crippen LogP contribution in [0.15, 0.2) is 65.6 Å². The van der Waals surface area contributed by atoms with Crippen LogP contribution in [0.2, 0.25) is 0 Å². The van der Waals surface area contributed by atoms with Crippen LogP contribution in [0.5, 0.6) is 0 Å². The van der Waals surface area contributed by atoms with Gasteiger partial charge in [0, 0.05) is 41.2 Å². The standard InChI is InChI=1S/C30H37N3O5S/c1-20-11-7-8-12-21(20)27(34)31-24-15-16-25(23-14-10-9-13-22(23)24)39(36,37)32-26-17-18-33(19-30(26,5)6)28(35)38-29(2,3)4/h7-16,26,32H,17-19H2,1-6H3,(H,31,34). The summed E-state index contributed by atoms with van der Waals surface area (Å²) in [7, 11) is -3.93. The maximum absolute atomic E-state index is 13.7. The molecule has 1 atom stereocenters. The number of piperidine rings is 1. The number of aryl methyl sites for hydroxylation is 1. The number of likely N-dealkylation sites (tertiary alicyclic amines) is 1. The molecule has 0 aromatic heterocycles. The maximum Gasteiger partial charge on any atom is 0.410 e. The molecule has 1 saturated heterocycles. The molecule has 0 spiro atoms. The zero-order chi connectivity index (χ0) is 28.6. The van der Waals surface area contributed by atoms with Crippen molar-refractivity contribution in [3.63, 3.8) is 0 Å². The van der Waals surface area contributed by atoms with E-state index in [1.165, 1.54) is 6.07 Å². The molecule has 1 fully saturated rings.